The lowest BCUT2D eigenvalue weighted by atomic mass is 9.81. The first kappa shape index (κ1) is 23.6. The number of primary amides is 1. The molecule has 1 saturated heterocycles. The minimum Gasteiger partial charge on any atom is -0.457 e. The minimum atomic E-state index is -0.500. The van der Waals surface area contributed by atoms with Crippen LogP contribution in [0.25, 0.3) is 0 Å². The molecule has 0 aromatic heterocycles. The van der Waals surface area contributed by atoms with E-state index in [0.717, 1.165) is 29.8 Å². The molecule has 3 aromatic rings. The Balaban J connectivity index is 1.51. The van der Waals surface area contributed by atoms with Crippen molar-refractivity contribution in [3.8, 4) is 0 Å². The highest BCUT2D eigenvalue weighted by molar-refractivity contribution is 5.90. The summed E-state index contributed by atoms with van der Waals surface area (Å²) in [5, 5.41) is 0. The lowest BCUT2D eigenvalue weighted by molar-refractivity contribution is -0.119. The molecule has 2 atom stereocenters. The van der Waals surface area contributed by atoms with Crippen molar-refractivity contribution in [2.75, 3.05) is 18.0 Å². The fraction of sp³-hybridized carbons (Fsp3) is 0.310. The van der Waals surface area contributed by atoms with E-state index < -0.39 is 11.9 Å². The molecule has 2 N–H and O–H groups in total. The quantitative estimate of drug-likeness (QED) is 0.460. The molecular weight excluding hydrogens is 424 g/mol. The fourth-order valence-corrected chi connectivity index (χ4v) is 4.81. The molecule has 5 heteroatoms. The zero-order valence-electron chi connectivity index (χ0n) is 19.7. The van der Waals surface area contributed by atoms with Crippen molar-refractivity contribution >= 4 is 17.6 Å². The molecule has 4 rings (SSSR count). The Kier molecular flexibility index (Phi) is 7.63. The van der Waals surface area contributed by atoms with Crippen LogP contribution in [0.4, 0.5) is 5.69 Å². The second kappa shape index (κ2) is 11.0. The molecule has 0 spiro atoms. The molecule has 5 nitrogen and oxygen atoms in total. The molecule has 3 aromatic carbocycles. The van der Waals surface area contributed by atoms with E-state index in [1.165, 1.54) is 24.9 Å². The summed E-state index contributed by atoms with van der Waals surface area (Å²) in [4.78, 5) is 27.5. The summed E-state index contributed by atoms with van der Waals surface area (Å²) < 4.78 is 5.43. The highest BCUT2D eigenvalue weighted by atomic mass is 16.5. The Labute approximate surface area is 201 Å². The van der Waals surface area contributed by atoms with Crippen molar-refractivity contribution in [3.63, 3.8) is 0 Å². The number of anilines is 1. The molecular formula is C29H32N2O3. The number of esters is 1. The number of nitrogens with zero attached hydrogens (tertiary/aromatic N) is 1. The van der Waals surface area contributed by atoms with Crippen LogP contribution in [0.2, 0.25) is 0 Å². The topological polar surface area (TPSA) is 72.6 Å². The van der Waals surface area contributed by atoms with Gasteiger partial charge in [0.15, 0.2) is 0 Å². The summed E-state index contributed by atoms with van der Waals surface area (Å²) in [6.45, 7) is 4.34. The number of para-hydroxylation sites is 1. The molecule has 0 saturated carbocycles. The SMILES string of the molecule is CC(c1ccccc1N1CCCCC1)C(C(N)=O)c1ccc(C(=O)OCc2ccccc2)cc1. The van der Waals surface area contributed by atoms with Gasteiger partial charge in [-0.2, -0.15) is 0 Å². The summed E-state index contributed by atoms with van der Waals surface area (Å²) in [5.41, 5.74) is 10.4. The molecule has 1 aliphatic heterocycles. The first-order chi connectivity index (χ1) is 16.5. The zero-order chi connectivity index (χ0) is 23.9. The van der Waals surface area contributed by atoms with Crippen LogP contribution in [0.1, 0.15) is 65.1 Å². The van der Waals surface area contributed by atoms with Gasteiger partial charge in [-0.25, -0.2) is 4.79 Å². The zero-order valence-corrected chi connectivity index (χ0v) is 19.7. The monoisotopic (exact) mass is 456 g/mol. The van der Waals surface area contributed by atoms with Crippen molar-refractivity contribution in [1.82, 2.24) is 0 Å². The number of benzene rings is 3. The molecule has 1 fully saturated rings. The van der Waals surface area contributed by atoms with E-state index in [0.29, 0.717) is 5.56 Å². The maximum atomic E-state index is 12.6. The highest BCUT2D eigenvalue weighted by Crippen LogP contribution is 2.38. The van der Waals surface area contributed by atoms with Crippen LogP contribution < -0.4 is 10.6 Å². The summed E-state index contributed by atoms with van der Waals surface area (Å²) in [6.07, 6.45) is 3.63. The Morgan fingerprint density at radius 1 is 0.882 bits per heavy atom. The maximum absolute atomic E-state index is 12.6. The number of hydrogen-bond acceptors (Lipinski definition) is 4. The van der Waals surface area contributed by atoms with E-state index in [4.69, 9.17) is 10.5 Å². The van der Waals surface area contributed by atoms with E-state index >= 15 is 0 Å². The van der Waals surface area contributed by atoms with Gasteiger partial charge in [0.2, 0.25) is 5.91 Å². The van der Waals surface area contributed by atoms with E-state index in [1.54, 1.807) is 12.1 Å². The van der Waals surface area contributed by atoms with Crippen molar-refractivity contribution < 1.29 is 14.3 Å². The van der Waals surface area contributed by atoms with Crippen LogP contribution in [0, 0.1) is 0 Å². The summed E-state index contributed by atoms with van der Waals surface area (Å²) in [5.74, 6) is -1.37. The third kappa shape index (κ3) is 5.48. The third-order valence-corrected chi connectivity index (χ3v) is 6.65. The summed E-state index contributed by atoms with van der Waals surface area (Å²) >= 11 is 0. The number of hydrogen-bond donors (Lipinski definition) is 1. The van der Waals surface area contributed by atoms with Gasteiger partial charge in [-0.05, 0) is 60.1 Å². The number of ether oxygens (including phenoxy) is 1. The fourth-order valence-electron chi connectivity index (χ4n) is 4.81. The average Bonchev–Trinajstić information content (AvgIpc) is 2.88. The van der Waals surface area contributed by atoms with Crippen LogP contribution in [-0.4, -0.2) is 25.0 Å². The predicted molar refractivity (Wildman–Crippen MR) is 135 cm³/mol. The Morgan fingerprint density at radius 2 is 1.53 bits per heavy atom. The van der Waals surface area contributed by atoms with Gasteiger partial charge in [-0.1, -0.05) is 67.6 Å². The van der Waals surface area contributed by atoms with Crippen LogP contribution in [-0.2, 0) is 16.1 Å². The van der Waals surface area contributed by atoms with Gasteiger partial charge in [0.1, 0.15) is 6.61 Å². The lowest BCUT2D eigenvalue weighted by Crippen LogP contribution is -2.32. The first-order valence-corrected chi connectivity index (χ1v) is 12.0. The second-order valence-corrected chi connectivity index (χ2v) is 8.96. The Bertz CT molecular complexity index is 1110. The van der Waals surface area contributed by atoms with Crippen molar-refractivity contribution in [3.05, 3.63) is 101 Å². The van der Waals surface area contributed by atoms with E-state index in [1.807, 2.05) is 48.5 Å². The molecule has 34 heavy (non-hydrogen) atoms. The van der Waals surface area contributed by atoms with E-state index in [9.17, 15) is 9.59 Å². The van der Waals surface area contributed by atoms with Gasteiger partial charge in [-0.3, -0.25) is 4.79 Å². The normalized spacial score (nSPS) is 15.4. The van der Waals surface area contributed by atoms with Crippen molar-refractivity contribution in [1.29, 1.82) is 0 Å². The van der Waals surface area contributed by atoms with Crippen molar-refractivity contribution in [2.24, 2.45) is 5.73 Å². The van der Waals surface area contributed by atoms with Crippen LogP contribution in [0.3, 0.4) is 0 Å². The van der Waals surface area contributed by atoms with Crippen LogP contribution in [0.5, 0.6) is 0 Å². The average molecular weight is 457 g/mol. The molecule has 0 radical (unpaired) electrons. The first-order valence-electron chi connectivity index (χ1n) is 12.0. The number of rotatable bonds is 8. The summed E-state index contributed by atoms with van der Waals surface area (Å²) in [6, 6.07) is 24.9. The van der Waals surface area contributed by atoms with Crippen molar-refractivity contribution in [2.45, 2.75) is 44.6 Å². The molecule has 0 aliphatic carbocycles. The molecule has 0 bridgehead atoms. The minimum absolute atomic E-state index is 0.105. The van der Waals surface area contributed by atoms with Gasteiger partial charge < -0.3 is 15.4 Å². The Morgan fingerprint density at radius 3 is 2.21 bits per heavy atom. The largest absolute Gasteiger partial charge is 0.457 e. The third-order valence-electron chi connectivity index (χ3n) is 6.65. The number of amides is 1. The van der Waals surface area contributed by atoms with E-state index in [-0.39, 0.29) is 18.4 Å². The molecule has 1 heterocycles. The van der Waals surface area contributed by atoms with Gasteiger partial charge in [0, 0.05) is 18.8 Å². The summed E-state index contributed by atoms with van der Waals surface area (Å²) in [7, 11) is 0. The standard InChI is InChI=1S/C29H32N2O3/c1-21(25-12-6-7-13-26(25)31-18-8-3-9-19-31)27(28(30)32)23-14-16-24(17-15-23)29(33)34-20-22-10-4-2-5-11-22/h2,4-7,10-17,21,27H,3,8-9,18-20H2,1H3,(H2,30,32). The number of nitrogens with two attached hydrogens (primary N) is 1. The molecule has 176 valence electrons. The second-order valence-electron chi connectivity index (χ2n) is 8.96. The lowest BCUT2D eigenvalue weighted by Gasteiger charge is -2.33. The van der Waals surface area contributed by atoms with Crippen LogP contribution in [0.15, 0.2) is 78.9 Å². The molecule has 2 unspecified atom stereocenters. The number of carbonyl (C=O) groups excluding carboxylic acids is 2. The molecule has 1 amide bonds. The predicted octanol–water partition coefficient (Wildman–Crippen LogP) is 5.41. The van der Waals surface area contributed by atoms with Gasteiger partial charge in [0.25, 0.3) is 0 Å². The number of carbonyl (C=O) groups is 2. The van der Waals surface area contributed by atoms with Gasteiger partial charge in [0.05, 0.1) is 11.5 Å². The van der Waals surface area contributed by atoms with Gasteiger partial charge in [-0.15, -0.1) is 0 Å². The number of piperidine rings is 1. The Hall–Kier alpha value is -3.60. The smallest absolute Gasteiger partial charge is 0.338 e. The van der Waals surface area contributed by atoms with E-state index in [2.05, 4.69) is 30.0 Å². The van der Waals surface area contributed by atoms with Gasteiger partial charge >= 0.3 is 5.97 Å². The highest BCUT2D eigenvalue weighted by Gasteiger charge is 2.29. The van der Waals surface area contributed by atoms with Crippen LogP contribution >= 0.6 is 0 Å². The maximum Gasteiger partial charge on any atom is 0.338 e. The molecule has 1 aliphatic rings.